The number of hydrogen-bond donors (Lipinski definition) is 1. The Morgan fingerprint density at radius 3 is 1.74 bits per heavy atom. The predicted octanol–water partition coefficient (Wildman–Crippen LogP) is 3.33. The second-order valence-electron chi connectivity index (χ2n) is 12.7. The number of aliphatic hydroxyl groups is 1. The molecule has 0 radical (unpaired) electrons. The average Bonchev–Trinajstić information content (AvgIpc) is 3.18. The summed E-state index contributed by atoms with van der Waals surface area (Å²) >= 11 is 0. The number of benzene rings is 2. The first kappa shape index (κ1) is 33.1. The van der Waals surface area contributed by atoms with Gasteiger partial charge in [-0.3, -0.25) is 14.4 Å². The second-order valence-corrected chi connectivity index (χ2v) is 12.7. The van der Waals surface area contributed by atoms with E-state index in [9.17, 15) is 29.1 Å². The zero-order chi connectivity index (χ0) is 33.7. The maximum atomic E-state index is 13.8. The highest BCUT2D eigenvalue weighted by molar-refractivity contribution is 5.90. The molecular weight excluding hydrogens is 600 g/mol. The molecule has 46 heavy (non-hydrogen) atoms. The number of rotatable bonds is 7. The maximum absolute atomic E-state index is 13.8. The van der Waals surface area contributed by atoms with Gasteiger partial charge in [0, 0.05) is 20.8 Å². The SMILES string of the molecule is CC(=O)O[C@@H]1[C@@H]2[C@@H](OC(C)=O)[C@@]3(OC2(C)C)[C@@](OC(C)=O)([C@@H](OC(=O)c2ccccc2)CC[C@]3(C)O)[C@@H]1OC(=O)c1ccccc1. The molecule has 1 aliphatic heterocycles. The van der Waals surface area contributed by atoms with Gasteiger partial charge in [-0.15, -0.1) is 0 Å². The molecule has 1 N–H and O–H groups in total. The number of hydrogen-bond acceptors (Lipinski definition) is 12. The van der Waals surface area contributed by atoms with Crippen LogP contribution in [0.2, 0.25) is 0 Å². The zero-order valence-corrected chi connectivity index (χ0v) is 26.5. The summed E-state index contributed by atoms with van der Waals surface area (Å²) < 4.78 is 37.0. The van der Waals surface area contributed by atoms with Crippen molar-refractivity contribution in [3.63, 3.8) is 0 Å². The summed E-state index contributed by atoms with van der Waals surface area (Å²) in [6.45, 7) is 8.08. The van der Waals surface area contributed by atoms with Gasteiger partial charge in [0.15, 0.2) is 17.8 Å². The Kier molecular flexibility index (Phi) is 8.50. The normalized spacial score (nSPS) is 33.9. The van der Waals surface area contributed by atoms with E-state index in [2.05, 4.69) is 0 Å². The minimum absolute atomic E-state index is 0.0824. The molecule has 1 spiro atoms. The molecule has 12 nitrogen and oxygen atoms in total. The lowest BCUT2D eigenvalue weighted by Crippen LogP contribution is -2.87. The van der Waals surface area contributed by atoms with Crippen LogP contribution in [0.25, 0.3) is 0 Å². The van der Waals surface area contributed by atoms with Crippen molar-refractivity contribution in [2.24, 2.45) is 5.92 Å². The molecule has 2 saturated carbocycles. The molecule has 2 aromatic carbocycles. The van der Waals surface area contributed by atoms with Crippen molar-refractivity contribution in [2.45, 2.75) is 101 Å². The van der Waals surface area contributed by atoms with Crippen molar-refractivity contribution in [1.29, 1.82) is 0 Å². The second kappa shape index (κ2) is 11.8. The molecule has 0 amide bonds. The first-order valence-corrected chi connectivity index (χ1v) is 15.1. The van der Waals surface area contributed by atoms with Crippen LogP contribution >= 0.6 is 0 Å². The van der Waals surface area contributed by atoms with Gasteiger partial charge in [0.2, 0.25) is 5.60 Å². The third-order valence-electron chi connectivity index (χ3n) is 9.19. The Morgan fingerprint density at radius 1 is 0.717 bits per heavy atom. The fraction of sp³-hybridized carbons (Fsp3) is 0.500. The van der Waals surface area contributed by atoms with E-state index in [1.54, 1.807) is 50.2 Å². The van der Waals surface area contributed by atoms with Gasteiger partial charge in [0.25, 0.3) is 0 Å². The first-order chi connectivity index (χ1) is 21.6. The van der Waals surface area contributed by atoms with E-state index in [4.69, 9.17) is 28.4 Å². The summed E-state index contributed by atoms with van der Waals surface area (Å²) in [5.74, 6) is -5.24. The minimum atomic E-state index is -2.42. The van der Waals surface area contributed by atoms with Crippen molar-refractivity contribution in [1.82, 2.24) is 0 Å². The van der Waals surface area contributed by atoms with Crippen LogP contribution in [0.1, 0.15) is 75.1 Å². The summed E-state index contributed by atoms with van der Waals surface area (Å²) in [5, 5.41) is 12.4. The smallest absolute Gasteiger partial charge is 0.338 e. The summed E-state index contributed by atoms with van der Waals surface area (Å²) in [5.41, 5.74) is -7.66. The van der Waals surface area contributed by atoms with Crippen molar-refractivity contribution >= 4 is 29.8 Å². The van der Waals surface area contributed by atoms with Gasteiger partial charge in [-0.1, -0.05) is 36.4 Å². The third kappa shape index (κ3) is 5.23. The van der Waals surface area contributed by atoms with E-state index >= 15 is 0 Å². The van der Waals surface area contributed by atoms with Crippen LogP contribution in [0, 0.1) is 5.92 Å². The standard InChI is InChI=1S/C34H38O12/c1-19(35)41-26-25-27(42-20(2)36)34(46-31(25,4)5)32(6,40)18-17-24(43-29(38)22-13-9-7-10-14-22)33(34,45-21(3)37)28(26)44-30(39)23-15-11-8-12-16-23/h7-16,24-28,40H,17-18H2,1-6H3/t24-,25+,26+,27+,28+,32-,33+,34-/m0/s1. The Balaban J connectivity index is 1.83. The average molecular weight is 639 g/mol. The number of fused-ring (bicyclic) bond motifs is 1. The van der Waals surface area contributed by atoms with Gasteiger partial charge in [-0.25, -0.2) is 9.59 Å². The molecule has 3 aliphatic rings. The molecule has 3 fully saturated rings. The lowest BCUT2D eigenvalue weighted by atomic mass is 9.51. The molecule has 246 valence electrons. The quantitative estimate of drug-likeness (QED) is 0.349. The highest BCUT2D eigenvalue weighted by Gasteiger charge is 2.89. The number of ether oxygens (including phenoxy) is 6. The highest BCUT2D eigenvalue weighted by Crippen LogP contribution is 2.67. The van der Waals surface area contributed by atoms with E-state index in [0.717, 1.165) is 20.8 Å². The summed E-state index contributed by atoms with van der Waals surface area (Å²) in [7, 11) is 0. The first-order valence-electron chi connectivity index (χ1n) is 15.1. The van der Waals surface area contributed by atoms with E-state index in [1.165, 1.54) is 31.2 Å². The fourth-order valence-electron chi connectivity index (χ4n) is 7.67. The zero-order valence-electron chi connectivity index (χ0n) is 26.5. The van der Waals surface area contributed by atoms with E-state index in [1.807, 2.05) is 0 Å². The Labute approximate surface area is 266 Å². The lowest BCUT2D eigenvalue weighted by molar-refractivity contribution is -0.362. The van der Waals surface area contributed by atoms with Crippen molar-refractivity contribution in [2.75, 3.05) is 0 Å². The monoisotopic (exact) mass is 638 g/mol. The van der Waals surface area contributed by atoms with Crippen LogP contribution in [0.5, 0.6) is 0 Å². The summed E-state index contributed by atoms with van der Waals surface area (Å²) in [6.07, 6.45) is -6.32. The van der Waals surface area contributed by atoms with Gasteiger partial charge in [-0.05, 0) is 57.9 Å². The van der Waals surface area contributed by atoms with Crippen LogP contribution in [0.4, 0.5) is 0 Å². The van der Waals surface area contributed by atoms with Crippen LogP contribution in [-0.4, -0.2) is 81.8 Å². The maximum Gasteiger partial charge on any atom is 0.338 e. The van der Waals surface area contributed by atoms with Crippen LogP contribution in [0.3, 0.4) is 0 Å². The van der Waals surface area contributed by atoms with Crippen LogP contribution in [-0.2, 0) is 42.8 Å². The van der Waals surface area contributed by atoms with Crippen molar-refractivity contribution in [3.8, 4) is 0 Å². The lowest BCUT2D eigenvalue weighted by Gasteiger charge is -2.64. The van der Waals surface area contributed by atoms with Gasteiger partial charge < -0.3 is 33.5 Å². The highest BCUT2D eigenvalue weighted by atomic mass is 16.7. The van der Waals surface area contributed by atoms with E-state index in [-0.39, 0.29) is 24.0 Å². The van der Waals surface area contributed by atoms with Crippen LogP contribution in [0.15, 0.2) is 60.7 Å². The molecule has 1 saturated heterocycles. The molecule has 0 unspecified atom stereocenters. The fourth-order valence-corrected chi connectivity index (χ4v) is 7.67. The molecule has 8 atom stereocenters. The molecule has 1 heterocycles. The number of carbonyl (C=O) groups is 5. The summed E-state index contributed by atoms with van der Waals surface area (Å²) in [6, 6.07) is 16.0. The number of carbonyl (C=O) groups excluding carboxylic acids is 5. The Bertz CT molecular complexity index is 1520. The van der Waals surface area contributed by atoms with Gasteiger partial charge in [0.1, 0.15) is 12.2 Å². The molecule has 5 rings (SSSR count). The molecule has 12 heteroatoms. The molecule has 0 aromatic heterocycles. The van der Waals surface area contributed by atoms with Crippen LogP contribution < -0.4 is 0 Å². The predicted molar refractivity (Wildman–Crippen MR) is 158 cm³/mol. The van der Waals surface area contributed by atoms with E-state index in [0.29, 0.717) is 0 Å². The minimum Gasteiger partial charge on any atom is -0.459 e. The van der Waals surface area contributed by atoms with Crippen molar-refractivity contribution < 1.29 is 57.5 Å². The molecule has 2 aromatic rings. The topological polar surface area (TPSA) is 161 Å². The molecule has 2 bridgehead atoms. The third-order valence-corrected chi connectivity index (χ3v) is 9.19. The van der Waals surface area contributed by atoms with Gasteiger partial charge >= 0.3 is 29.8 Å². The summed E-state index contributed by atoms with van der Waals surface area (Å²) in [4.78, 5) is 66.1. The van der Waals surface area contributed by atoms with Gasteiger partial charge in [0.05, 0.1) is 28.2 Å². The Hall–Kier alpha value is -4.29. The van der Waals surface area contributed by atoms with E-state index < -0.39 is 82.6 Å². The molecular formula is C34H38O12. The molecule has 2 aliphatic carbocycles. The number of esters is 5. The van der Waals surface area contributed by atoms with Gasteiger partial charge in [-0.2, -0.15) is 0 Å². The van der Waals surface area contributed by atoms with Crippen molar-refractivity contribution in [3.05, 3.63) is 71.8 Å². The Morgan fingerprint density at radius 2 is 1.24 bits per heavy atom. The largest absolute Gasteiger partial charge is 0.459 e.